The molecule has 0 atom stereocenters. The van der Waals surface area contributed by atoms with Crippen LogP contribution >= 0.6 is 0 Å². The lowest BCUT2D eigenvalue weighted by molar-refractivity contribution is 0.0601. The standard InChI is InChI=1S/C18H20N4O7S/c1-28-17(24)12-4-2-3-5-13(12)20-18(25)21-8-10-22(11-9-21)30(26,27)15-7-6-14(29-15)16(19)23/h2-7H,8-11H2,1H3,(H2,19,23)(H,20,25). The Morgan fingerprint density at radius 3 is 2.33 bits per heavy atom. The average Bonchev–Trinajstić information content (AvgIpc) is 3.25. The maximum atomic E-state index is 12.7. The molecular weight excluding hydrogens is 416 g/mol. The first kappa shape index (κ1) is 21.3. The summed E-state index contributed by atoms with van der Waals surface area (Å²) < 4.78 is 36.2. The number of rotatable bonds is 5. The van der Waals surface area contributed by atoms with Crippen LogP contribution in [0.15, 0.2) is 45.9 Å². The van der Waals surface area contributed by atoms with E-state index < -0.39 is 27.9 Å². The Bertz CT molecular complexity index is 1070. The lowest BCUT2D eigenvalue weighted by atomic mass is 10.2. The smallest absolute Gasteiger partial charge is 0.339 e. The predicted octanol–water partition coefficient (Wildman–Crippen LogP) is 0.704. The molecular formula is C18H20N4O7S. The fourth-order valence-corrected chi connectivity index (χ4v) is 4.26. The molecule has 1 aromatic heterocycles. The number of sulfonamides is 1. The third-order valence-electron chi connectivity index (χ3n) is 4.52. The van der Waals surface area contributed by atoms with Gasteiger partial charge < -0.3 is 25.1 Å². The van der Waals surface area contributed by atoms with E-state index in [4.69, 9.17) is 14.9 Å². The summed E-state index contributed by atoms with van der Waals surface area (Å²) in [5, 5.41) is 2.26. The Hall–Kier alpha value is -3.38. The van der Waals surface area contributed by atoms with Crippen LogP contribution in [0.3, 0.4) is 0 Å². The molecule has 0 unspecified atom stereocenters. The van der Waals surface area contributed by atoms with Gasteiger partial charge in [-0.05, 0) is 24.3 Å². The maximum absolute atomic E-state index is 12.7. The number of nitrogens with one attached hydrogen (secondary N) is 1. The van der Waals surface area contributed by atoms with E-state index in [0.717, 1.165) is 10.4 Å². The number of methoxy groups -OCH3 is 1. The molecule has 0 aliphatic carbocycles. The third-order valence-corrected chi connectivity index (χ3v) is 6.29. The van der Waals surface area contributed by atoms with Crippen LogP contribution in [0.25, 0.3) is 0 Å². The van der Waals surface area contributed by atoms with Crippen molar-refractivity contribution < 1.29 is 32.0 Å². The number of nitrogens with two attached hydrogens (primary N) is 1. The molecule has 1 aromatic carbocycles. The first-order valence-electron chi connectivity index (χ1n) is 8.87. The van der Waals surface area contributed by atoms with Crippen LogP contribution in [-0.4, -0.2) is 68.8 Å². The number of hydrogen-bond donors (Lipinski definition) is 2. The van der Waals surface area contributed by atoms with E-state index >= 15 is 0 Å². The van der Waals surface area contributed by atoms with Gasteiger partial charge in [0.15, 0.2) is 5.76 Å². The molecule has 3 amide bonds. The Balaban J connectivity index is 1.65. The molecule has 3 rings (SSSR count). The third kappa shape index (κ3) is 4.28. The van der Waals surface area contributed by atoms with Crippen molar-refractivity contribution in [2.75, 3.05) is 38.6 Å². The van der Waals surface area contributed by atoms with Gasteiger partial charge in [-0.15, -0.1) is 0 Å². The summed E-state index contributed by atoms with van der Waals surface area (Å²) in [5.41, 5.74) is 5.58. The van der Waals surface area contributed by atoms with E-state index in [1.165, 1.54) is 24.1 Å². The van der Waals surface area contributed by atoms with Gasteiger partial charge in [0.2, 0.25) is 5.09 Å². The number of piperazine rings is 1. The van der Waals surface area contributed by atoms with Crippen molar-refractivity contribution in [3.63, 3.8) is 0 Å². The molecule has 2 heterocycles. The van der Waals surface area contributed by atoms with E-state index in [1.807, 2.05) is 0 Å². The number of esters is 1. The lowest BCUT2D eigenvalue weighted by Crippen LogP contribution is -2.51. The van der Waals surface area contributed by atoms with E-state index in [2.05, 4.69) is 5.32 Å². The molecule has 160 valence electrons. The molecule has 1 saturated heterocycles. The Morgan fingerprint density at radius 1 is 1.07 bits per heavy atom. The van der Waals surface area contributed by atoms with Crippen LogP contribution in [0.2, 0.25) is 0 Å². The molecule has 1 aliphatic rings. The number of ether oxygens (including phenoxy) is 1. The number of furan rings is 1. The van der Waals surface area contributed by atoms with E-state index in [9.17, 15) is 22.8 Å². The Kier molecular flexibility index (Phi) is 6.08. The molecule has 0 saturated carbocycles. The SMILES string of the molecule is COC(=O)c1ccccc1NC(=O)N1CCN(S(=O)(=O)c2ccc(C(N)=O)o2)CC1. The van der Waals surface area contributed by atoms with Crippen molar-refractivity contribution in [3.05, 3.63) is 47.7 Å². The Morgan fingerprint density at radius 2 is 1.73 bits per heavy atom. The largest absolute Gasteiger partial charge is 0.465 e. The van der Waals surface area contributed by atoms with Gasteiger partial charge in [-0.1, -0.05) is 12.1 Å². The summed E-state index contributed by atoms with van der Waals surface area (Å²) in [7, 11) is -2.72. The van der Waals surface area contributed by atoms with Crippen LogP contribution in [0, 0.1) is 0 Å². The Labute approximate surface area is 172 Å². The summed E-state index contributed by atoms with van der Waals surface area (Å²) in [5.74, 6) is -1.71. The molecule has 1 aliphatic heterocycles. The van der Waals surface area contributed by atoms with Gasteiger partial charge in [0.05, 0.1) is 18.4 Å². The summed E-state index contributed by atoms with van der Waals surface area (Å²) in [6.07, 6.45) is 0. The quantitative estimate of drug-likeness (QED) is 0.655. The first-order chi connectivity index (χ1) is 14.2. The van der Waals surface area contributed by atoms with Crippen molar-refractivity contribution in [1.82, 2.24) is 9.21 Å². The summed E-state index contributed by atoms with van der Waals surface area (Å²) in [4.78, 5) is 36.9. The molecule has 30 heavy (non-hydrogen) atoms. The van der Waals surface area contributed by atoms with Crippen LogP contribution < -0.4 is 11.1 Å². The number of carbonyl (C=O) groups is 3. The molecule has 11 nitrogen and oxygen atoms in total. The summed E-state index contributed by atoms with van der Waals surface area (Å²) in [6, 6.07) is 8.28. The molecule has 2 aromatic rings. The highest BCUT2D eigenvalue weighted by Crippen LogP contribution is 2.21. The number of carbonyl (C=O) groups excluding carboxylic acids is 3. The molecule has 0 radical (unpaired) electrons. The summed E-state index contributed by atoms with van der Waals surface area (Å²) in [6.45, 7) is 0.297. The normalized spacial score (nSPS) is 14.9. The van der Waals surface area contributed by atoms with Crippen molar-refractivity contribution in [1.29, 1.82) is 0 Å². The van der Waals surface area contributed by atoms with Crippen LogP contribution in [0.4, 0.5) is 10.5 Å². The van der Waals surface area contributed by atoms with Gasteiger partial charge in [0.1, 0.15) is 0 Å². The minimum Gasteiger partial charge on any atom is -0.465 e. The zero-order valence-corrected chi connectivity index (χ0v) is 16.8. The monoisotopic (exact) mass is 436 g/mol. The number of benzene rings is 1. The lowest BCUT2D eigenvalue weighted by Gasteiger charge is -2.33. The number of nitrogens with zero attached hydrogens (tertiary/aromatic N) is 2. The second-order valence-corrected chi connectivity index (χ2v) is 8.21. The molecule has 0 spiro atoms. The molecule has 12 heteroatoms. The van der Waals surface area contributed by atoms with Gasteiger partial charge >= 0.3 is 12.0 Å². The van der Waals surface area contributed by atoms with Crippen molar-refractivity contribution in [2.45, 2.75) is 5.09 Å². The number of anilines is 1. The molecule has 1 fully saturated rings. The zero-order chi connectivity index (χ0) is 21.9. The van der Waals surface area contributed by atoms with Gasteiger partial charge in [-0.25, -0.2) is 18.0 Å². The van der Waals surface area contributed by atoms with Crippen molar-refractivity contribution in [2.24, 2.45) is 5.73 Å². The highest BCUT2D eigenvalue weighted by molar-refractivity contribution is 7.89. The van der Waals surface area contributed by atoms with E-state index in [-0.39, 0.29) is 42.6 Å². The number of urea groups is 1. The van der Waals surface area contributed by atoms with Gasteiger partial charge in [0, 0.05) is 26.2 Å². The highest BCUT2D eigenvalue weighted by Gasteiger charge is 2.33. The second-order valence-electron chi connectivity index (χ2n) is 6.34. The predicted molar refractivity (Wildman–Crippen MR) is 104 cm³/mol. The van der Waals surface area contributed by atoms with E-state index in [0.29, 0.717) is 5.69 Å². The van der Waals surface area contributed by atoms with Crippen LogP contribution in [0.5, 0.6) is 0 Å². The van der Waals surface area contributed by atoms with Crippen molar-refractivity contribution in [3.8, 4) is 0 Å². The molecule has 3 N–H and O–H groups in total. The number of primary amides is 1. The number of hydrogen-bond acceptors (Lipinski definition) is 7. The number of amides is 3. The maximum Gasteiger partial charge on any atom is 0.339 e. The highest BCUT2D eigenvalue weighted by atomic mass is 32.2. The topological polar surface area (TPSA) is 152 Å². The van der Waals surface area contributed by atoms with E-state index in [1.54, 1.807) is 18.2 Å². The zero-order valence-electron chi connectivity index (χ0n) is 16.0. The second kappa shape index (κ2) is 8.55. The van der Waals surface area contributed by atoms with Crippen LogP contribution in [-0.2, 0) is 14.8 Å². The van der Waals surface area contributed by atoms with Gasteiger partial charge in [-0.3, -0.25) is 4.79 Å². The van der Waals surface area contributed by atoms with Crippen molar-refractivity contribution >= 4 is 33.6 Å². The minimum absolute atomic E-state index is 0.0288. The number of para-hydroxylation sites is 1. The minimum atomic E-state index is -3.96. The van der Waals surface area contributed by atoms with Crippen LogP contribution in [0.1, 0.15) is 20.9 Å². The first-order valence-corrected chi connectivity index (χ1v) is 10.3. The fraction of sp³-hybridized carbons (Fsp3) is 0.278. The fourth-order valence-electron chi connectivity index (χ4n) is 2.92. The average molecular weight is 436 g/mol. The summed E-state index contributed by atoms with van der Waals surface area (Å²) >= 11 is 0. The van der Waals surface area contributed by atoms with Gasteiger partial charge in [0.25, 0.3) is 15.9 Å². The molecule has 0 bridgehead atoms. The van der Waals surface area contributed by atoms with Gasteiger partial charge in [-0.2, -0.15) is 4.31 Å².